The summed E-state index contributed by atoms with van der Waals surface area (Å²) in [6, 6.07) is 14.1. The number of rotatable bonds is 3. The van der Waals surface area contributed by atoms with Crippen molar-refractivity contribution < 1.29 is 17.9 Å². The summed E-state index contributed by atoms with van der Waals surface area (Å²) in [6.45, 7) is 0.812. The monoisotopic (exact) mass is 453 g/mol. The molecule has 10 heteroatoms. The molecule has 4 bridgehead atoms. The maximum atomic E-state index is 12.5. The number of fused-ring (bicyclic) bond motifs is 4. The highest BCUT2D eigenvalue weighted by Gasteiger charge is 2.16. The second-order valence-corrected chi connectivity index (χ2v) is 9.00. The minimum absolute atomic E-state index is 0.179. The number of anilines is 3. The molecule has 1 aliphatic rings. The predicted molar refractivity (Wildman–Crippen MR) is 121 cm³/mol. The fourth-order valence-electron chi connectivity index (χ4n) is 3.28. The van der Waals surface area contributed by atoms with E-state index in [1.165, 1.54) is 7.11 Å². The zero-order valence-electron chi connectivity index (χ0n) is 17.5. The molecule has 0 spiro atoms. The number of hydrogen-bond acceptors (Lipinski definition) is 8. The third-order valence-corrected chi connectivity index (χ3v) is 6.43. The molecule has 2 heterocycles. The van der Waals surface area contributed by atoms with Crippen LogP contribution in [0.2, 0.25) is 0 Å². The Labute approximate surface area is 186 Å². The van der Waals surface area contributed by atoms with Gasteiger partial charge < -0.3 is 15.4 Å². The van der Waals surface area contributed by atoms with Crippen molar-refractivity contribution in [3.05, 3.63) is 60.3 Å². The van der Waals surface area contributed by atoms with E-state index in [4.69, 9.17) is 4.74 Å². The number of carbonyl (C=O) groups is 1. The molecule has 3 aromatic rings. The van der Waals surface area contributed by atoms with Gasteiger partial charge in [-0.1, -0.05) is 30.3 Å². The number of benzene rings is 2. The van der Waals surface area contributed by atoms with Crippen molar-refractivity contribution in [1.82, 2.24) is 14.7 Å². The van der Waals surface area contributed by atoms with E-state index in [9.17, 15) is 13.2 Å². The van der Waals surface area contributed by atoms with Gasteiger partial charge in [0.25, 0.3) is 0 Å². The van der Waals surface area contributed by atoms with Crippen molar-refractivity contribution in [2.45, 2.75) is 17.7 Å². The highest BCUT2D eigenvalue weighted by atomic mass is 32.2. The Bertz CT molecular complexity index is 1230. The highest BCUT2D eigenvalue weighted by molar-refractivity contribution is 7.89. The number of esters is 1. The van der Waals surface area contributed by atoms with Crippen molar-refractivity contribution in [2.75, 3.05) is 30.8 Å². The summed E-state index contributed by atoms with van der Waals surface area (Å²) in [4.78, 5) is 20.7. The van der Waals surface area contributed by atoms with Crippen molar-refractivity contribution in [3.63, 3.8) is 0 Å². The van der Waals surface area contributed by atoms with Gasteiger partial charge in [0.1, 0.15) is 5.82 Å². The Morgan fingerprint density at radius 1 is 1.12 bits per heavy atom. The summed E-state index contributed by atoms with van der Waals surface area (Å²) in [5, 5.41) is 6.35. The van der Waals surface area contributed by atoms with Gasteiger partial charge in [0.05, 0.1) is 18.4 Å². The van der Waals surface area contributed by atoms with Gasteiger partial charge in [-0.05, 0) is 35.7 Å². The third-order valence-electron chi connectivity index (χ3n) is 4.97. The summed E-state index contributed by atoms with van der Waals surface area (Å²) in [5.74, 6) is 0.678. The predicted octanol–water partition coefficient (Wildman–Crippen LogP) is 2.70. The molecule has 0 atom stereocenters. The standard InChI is InChI=1S/C22H23N5O4S/c1-31-20(28)12-15-6-8-16(9-7-15)19-14-24-22-26-17-4-2-5-18(13-17)32(29,30)25-11-3-10-23-21(19)27-22/h2,4-9,13-14,25H,3,10-12H2,1H3,(H2,23,24,26,27). The van der Waals surface area contributed by atoms with Gasteiger partial charge >= 0.3 is 5.97 Å². The molecule has 2 aromatic carbocycles. The van der Waals surface area contributed by atoms with E-state index in [1.54, 1.807) is 30.5 Å². The van der Waals surface area contributed by atoms with Crippen molar-refractivity contribution in [1.29, 1.82) is 0 Å². The fourth-order valence-corrected chi connectivity index (χ4v) is 4.40. The maximum Gasteiger partial charge on any atom is 0.309 e. The van der Waals surface area contributed by atoms with Crippen LogP contribution in [-0.4, -0.2) is 44.6 Å². The number of methoxy groups -OCH3 is 1. The van der Waals surface area contributed by atoms with E-state index in [2.05, 4.69) is 25.3 Å². The van der Waals surface area contributed by atoms with Gasteiger partial charge in [0.2, 0.25) is 16.0 Å². The third kappa shape index (κ3) is 5.04. The lowest BCUT2D eigenvalue weighted by Crippen LogP contribution is -2.26. The topological polar surface area (TPSA) is 122 Å². The molecule has 0 fully saturated rings. The van der Waals surface area contributed by atoms with Crippen LogP contribution in [0.15, 0.2) is 59.6 Å². The number of ether oxygens (including phenoxy) is 1. The summed E-state index contributed by atoms with van der Waals surface area (Å²) in [7, 11) is -2.23. The summed E-state index contributed by atoms with van der Waals surface area (Å²) in [6.07, 6.45) is 2.49. The Balaban J connectivity index is 1.65. The van der Waals surface area contributed by atoms with Gasteiger partial charge in [-0.3, -0.25) is 4.79 Å². The zero-order valence-corrected chi connectivity index (χ0v) is 18.3. The fraction of sp³-hybridized carbons (Fsp3) is 0.227. The Morgan fingerprint density at radius 2 is 1.94 bits per heavy atom. The van der Waals surface area contributed by atoms with E-state index in [1.807, 2.05) is 24.3 Å². The Kier molecular flexibility index (Phi) is 6.33. The second kappa shape index (κ2) is 9.33. The van der Waals surface area contributed by atoms with E-state index in [0.717, 1.165) is 16.7 Å². The molecule has 0 saturated carbocycles. The van der Waals surface area contributed by atoms with E-state index in [0.29, 0.717) is 37.0 Å². The maximum absolute atomic E-state index is 12.5. The molecule has 0 saturated heterocycles. The SMILES string of the molecule is COC(=O)Cc1ccc(-c2cnc3nc2NCCCNS(=O)(=O)c2cccc(c2)N3)cc1. The minimum Gasteiger partial charge on any atom is -0.469 e. The quantitative estimate of drug-likeness (QED) is 0.518. The molecular formula is C22H23N5O4S. The van der Waals surface area contributed by atoms with E-state index in [-0.39, 0.29) is 17.3 Å². The highest BCUT2D eigenvalue weighted by Crippen LogP contribution is 2.28. The van der Waals surface area contributed by atoms with Crippen LogP contribution in [0.5, 0.6) is 0 Å². The lowest BCUT2D eigenvalue weighted by Gasteiger charge is -2.13. The number of nitrogens with zero attached hydrogens (tertiary/aromatic N) is 2. The van der Waals surface area contributed by atoms with Gasteiger partial charge in [0.15, 0.2) is 0 Å². The molecule has 1 aliphatic heterocycles. The van der Waals surface area contributed by atoms with Gasteiger partial charge in [-0.15, -0.1) is 0 Å². The first kappa shape index (κ1) is 21.7. The molecule has 0 unspecified atom stereocenters. The van der Waals surface area contributed by atoms with Crippen LogP contribution >= 0.6 is 0 Å². The van der Waals surface area contributed by atoms with Crippen molar-refractivity contribution in [2.24, 2.45) is 0 Å². The molecular weight excluding hydrogens is 430 g/mol. The van der Waals surface area contributed by atoms with Gasteiger partial charge in [-0.25, -0.2) is 18.1 Å². The molecule has 3 N–H and O–H groups in total. The molecule has 0 amide bonds. The van der Waals surface area contributed by atoms with Crippen LogP contribution in [0.1, 0.15) is 12.0 Å². The smallest absolute Gasteiger partial charge is 0.309 e. The van der Waals surface area contributed by atoms with Gasteiger partial charge in [-0.2, -0.15) is 4.98 Å². The first-order valence-electron chi connectivity index (χ1n) is 10.1. The van der Waals surface area contributed by atoms with Crippen LogP contribution in [0.4, 0.5) is 17.5 Å². The lowest BCUT2D eigenvalue weighted by molar-refractivity contribution is -0.139. The van der Waals surface area contributed by atoms with E-state index < -0.39 is 10.0 Å². The molecule has 32 heavy (non-hydrogen) atoms. The first-order valence-corrected chi connectivity index (χ1v) is 11.6. The average Bonchev–Trinajstić information content (AvgIpc) is 2.79. The summed E-state index contributed by atoms with van der Waals surface area (Å²) >= 11 is 0. The average molecular weight is 454 g/mol. The summed E-state index contributed by atoms with van der Waals surface area (Å²) < 4.78 is 32.3. The van der Waals surface area contributed by atoms with Crippen LogP contribution in [-0.2, 0) is 26.0 Å². The number of nitrogens with one attached hydrogen (secondary N) is 3. The largest absolute Gasteiger partial charge is 0.469 e. The van der Waals surface area contributed by atoms with Crippen molar-refractivity contribution >= 4 is 33.4 Å². The summed E-state index contributed by atoms with van der Waals surface area (Å²) in [5.41, 5.74) is 3.10. The number of hydrogen-bond donors (Lipinski definition) is 3. The van der Waals surface area contributed by atoms with Crippen LogP contribution < -0.4 is 15.4 Å². The lowest BCUT2D eigenvalue weighted by atomic mass is 10.0. The Morgan fingerprint density at radius 3 is 2.72 bits per heavy atom. The normalized spacial score (nSPS) is 15.2. The van der Waals surface area contributed by atoms with Crippen LogP contribution in [0.25, 0.3) is 11.1 Å². The molecule has 166 valence electrons. The van der Waals surface area contributed by atoms with Crippen LogP contribution in [0.3, 0.4) is 0 Å². The first-order chi connectivity index (χ1) is 15.4. The number of aromatic nitrogens is 2. The molecule has 4 rings (SSSR count). The molecule has 0 radical (unpaired) electrons. The van der Waals surface area contributed by atoms with Crippen LogP contribution in [0, 0.1) is 0 Å². The van der Waals surface area contributed by atoms with Crippen molar-refractivity contribution in [3.8, 4) is 11.1 Å². The molecule has 0 aliphatic carbocycles. The molecule has 9 nitrogen and oxygen atoms in total. The van der Waals surface area contributed by atoms with E-state index >= 15 is 0 Å². The number of carbonyl (C=O) groups excluding carboxylic acids is 1. The zero-order chi connectivity index (χ0) is 22.6. The molecule has 1 aromatic heterocycles. The second-order valence-electron chi connectivity index (χ2n) is 7.24. The Hall–Kier alpha value is -3.50. The number of sulfonamides is 1. The van der Waals surface area contributed by atoms with Gasteiger partial charge in [0, 0.05) is 30.5 Å². The minimum atomic E-state index is -3.59.